The van der Waals surface area contributed by atoms with Crippen LogP contribution in [0.15, 0.2) is 18.2 Å². The molecule has 0 amide bonds. The molecule has 17 heavy (non-hydrogen) atoms. The van der Waals surface area contributed by atoms with Gasteiger partial charge in [-0.05, 0) is 37.1 Å². The fourth-order valence-corrected chi connectivity index (χ4v) is 2.23. The Hall–Kier alpha value is -1.00. The number of hydrogen-bond acceptors (Lipinski definition) is 2. The Bertz CT molecular complexity index is 398. The second-order valence-electron chi connectivity index (χ2n) is 4.83. The van der Waals surface area contributed by atoms with Gasteiger partial charge in [0.05, 0.1) is 12.2 Å². The van der Waals surface area contributed by atoms with Crippen molar-refractivity contribution in [1.29, 1.82) is 0 Å². The standard InChI is InChI=1S/C13H16F2O2/c1-13(16,10-4-5-17-8-10)7-9-6-11(14)2-3-12(9)15/h2-3,6,10,16H,4-5,7-8H2,1H3. The van der Waals surface area contributed by atoms with Crippen LogP contribution in [0.4, 0.5) is 8.78 Å². The molecule has 1 fully saturated rings. The second-order valence-corrected chi connectivity index (χ2v) is 4.83. The van der Waals surface area contributed by atoms with E-state index >= 15 is 0 Å². The van der Waals surface area contributed by atoms with Crippen molar-refractivity contribution in [3.8, 4) is 0 Å². The lowest BCUT2D eigenvalue weighted by molar-refractivity contribution is -0.00522. The molecule has 0 radical (unpaired) electrons. The van der Waals surface area contributed by atoms with Crippen LogP contribution >= 0.6 is 0 Å². The van der Waals surface area contributed by atoms with Crippen molar-refractivity contribution in [2.75, 3.05) is 13.2 Å². The average molecular weight is 242 g/mol. The number of rotatable bonds is 3. The van der Waals surface area contributed by atoms with Crippen molar-refractivity contribution in [2.24, 2.45) is 5.92 Å². The normalized spacial score (nSPS) is 23.6. The summed E-state index contributed by atoms with van der Waals surface area (Å²) < 4.78 is 31.7. The first kappa shape index (κ1) is 12.5. The smallest absolute Gasteiger partial charge is 0.126 e. The molecule has 0 aliphatic carbocycles. The second kappa shape index (κ2) is 4.70. The van der Waals surface area contributed by atoms with Crippen LogP contribution in [0, 0.1) is 17.6 Å². The highest BCUT2D eigenvalue weighted by atomic mass is 19.1. The minimum Gasteiger partial charge on any atom is -0.389 e. The molecule has 1 aromatic carbocycles. The summed E-state index contributed by atoms with van der Waals surface area (Å²) >= 11 is 0. The van der Waals surface area contributed by atoms with Gasteiger partial charge in [0.25, 0.3) is 0 Å². The van der Waals surface area contributed by atoms with Gasteiger partial charge in [-0.1, -0.05) is 0 Å². The Morgan fingerprint density at radius 1 is 1.47 bits per heavy atom. The van der Waals surface area contributed by atoms with Crippen LogP contribution in [-0.2, 0) is 11.2 Å². The lowest BCUT2D eigenvalue weighted by atomic mass is 9.83. The van der Waals surface area contributed by atoms with Crippen molar-refractivity contribution in [3.05, 3.63) is 35.4 Å². The van der Waals surface area contributed by atoms with Crippen LogP contribution in [0.25, 0.3) is 0 Å². The highest BCUT2D eigenvalue weighted by Crippen LogP contribution is 2.29. The molecule has 1 heterocycles. The van der Waals surface area contributed by atoms with E-state index in [2.05, 4.69) is 0 Å². The van der Waals surface area contributed by atoms with E-state index < -0.39 is 17.2 Å². The summed E-state index contributed by atoms with van der Waals surface area (Å²) in [6.07, 6.45) is 0.856. The summed E-state index contributed by atoms with van der Waals surface area (Å²) in [6.45, 7) is 2.74. The third kappa shape index (κ3) is 2.82. The molecular weight excluding hydrogens is 226 g/mol. The van der Waals surface area contributed by atoms with E-state index in [9.17, 15) is 13.9 Å². The van der Waals surface area contributed by atoms with Gasteiger partial charge in [0.15, 0.2) is 0 Å². The maximum atomic E-state index is 13.5. The summed E-state index contributed by atoms with van der Waals surface area (Å²) in [5, 5.41) is 10.3. The molecule has 1 aromatic rings. The fourth-order valence-electron chi connectivity index (χ4n) is 2.23. The molecule has 2 nitrogen and oxygen atoms in total. The lowest BCUT2D eigenvalue weighted by Crippen LogP contribution is -2.37. The number of benzene rings is 1. The molecule has 0 saturated carbocycles. The number of halogens is 2. The molecule has 2 rings (SSSR count). The Morgan fingerprint density at radius 3 is 2.88 bits per heavy atom. The summed E-state index contributed by atoms with van der Waals surface area (Å²) in [5.74, 6) is -0.990. The van der Waals surface area contributed by atoms with Crippen molar-refractivity contribution in [3.63, 3.8) is 0 Å². The van der Waals surface area contributed by atoms with Gasteiger partial charge < -0.3 is 9.84 Å². The van der Waals surface area contributed by atoms with Crippen molar-refractivity contribution in [2.45, 2.75) is 25.4 Å². The summed E-state index contributed by atoms with van der Waals surface area (Å²) in [5.41, 5.74) is -0.854. The predicted octanol–water partition coefficient (Wildman–Crippen LogP) is 2.29. The number of aliphatic hydroxyl groups is 1. The van der Waals surface area contributed by atoms with Gasteiger partial charge in [0.2, 0.25) is 0 Å². The summed E-state index contributed by atoms with van der Waals surface area (Å²) in [4.78, 5) is 0. The minimum absolute atomic E-state index is 0.0230. The third-order valence-electron chi connectivity index (χ3n) is 3.37. The maximum absolute atomic E-state index is 13.5. The lowest BCUT2D eigenvalue weighted by Gasteiger charge is -2.29. The highest BCUT2D eigenvalue weighted by Gasteiger charge is 2.35. The molecule has 0 bridgehead atoms. The largest absolute Gasteiger partial charge is 0.389 e. The van der Waals surface area contributed by atoms with E-state index in [4.69, 9.17) is 4.74 Å². The van der Waals surface area contributed by atoms with Gasteiger partial charge in [-0.3, -0.25) is 0 Å². The van der Waals surface area contributed by atoms with E-state index in [0.717, 1.165) is 24.6 Å². The zero-order valence-corrected chi connectivity index (χ0v) is 9.75. The fraction of sp³-hybridized carbons (Fsp3) is 0.538. The minimum atomic E-state index is -1.06. The predicted molar refractivity (Wildman–Crippen MR) is 59.6 cm³/mol. The first-order chi connectivity index (χ1) is 7.99. The van der Waals surface area contributed by atoms with Crippen LogP contribution in [0.2, 0.25) is 0 Å². The summed E-state index contributed by atoms with van der Waals surface area (Å²) in [6, 6.07) is 3.30. The zero-order valence-electron chi connectivity index (χ0n) is 9.75. The highest BCUT2D eigenvalue weighted by molar-refractivity contribution is 5.21. The van der Waals surface area contributed by atoms with Gasteiger partial charge in [0.1, 0.15) is 11.6 Å². The quantitative estimate of drug-likeness (QED) is 0.881. The van der Waals surface area contributed by atoms with Gasteiger partial charge in [-0.2, -0.15) is 0 Å². The molecule has 2 unspecified atom stereocenters. The Balaban J connectivity index is 2.15. The van der Waals surface area contributed by atoms with Gasteiger partial charge in [-0.15, -0.1) is 0 Å². The van der Waals surface area contributed by atoms with Crippen LogP contribution < -0.4 is 0 Å². The van der Waals surface area contributed by atoms with E-state index in [1.807, 2.05) is 0 Å². The van der Waals surface area contributed by atoms with Gasteiger partial charge >= 0.3 is 0 Å². The van der Waals surface area contributed by atoms with E-state index in [-0.39, 0.29) is 17.9 Å². The van der Waals surface area contributed by atoms with Crippen LogP contribution in [0.1, 0.15) is 18.9 Å². The van der Waals surface area contributed by atoms with Crippen molar-refractivity contribution < 1.29 is 18.6 Å². The van der Waals surface area contributed by atoms with E-state index in [0.29, 0.717) is 13.2 Å². The molecular formula is C13H16F2O2. The van der Waals surface area contributed by atoms with Gasteiger partial charge in [0, 0.05) is 18.9 Å². The van der Waals surface area contributed by atoms with Crippen LogP contribution in [-0.4, -0.2) is 23.9 Å². The first-order valence-electron chi connectivity index (χ1n) is 5.73. The van der Waals surface area contributed by atoms with Crippen LogP contribution in [0.5, 0.6) is 0 Å². The number of hydrogen-bond donors (Lipinski definition) is 1. The third-order valence-corrected chi connectivity index (χ3v) is 3.37. The Morgan fingerprint density at radius 2 is 2.24 bits per heavy atom. The molecule has 4 heteroatoms. The molecule has 1 saturated heterocycles. The first-order valence-corrected chi connectivity index (χ1v) is 5.73. The van der Waals surface area contributed by atoms with Crippen molar-refractivity contribution >= 4 is 0 Å². The topological polar surface area (TPSA) is 29.5 Å². The van der Waals surface area contributed by atoms with E-state index in [1.54, 1.807) is 6.92 Å². The summed E-state index contributed by atoms with van der Waals surface area (Å²) in [7, 11) is 0. The molecule has 94 valence electrons. The molecule has 0 aromatic heterocycles. The van der Waals surface area contributed by atoms with Gasteiger partial charge in [-0.25, -0.2) is 8.78 Å². The van der Waals surface area contributed by atoms with E-state index in [1.165, 1.54) is 0 Å². The maximum Gasteiger partial charge on any atom is 0.126 e. The SMILES string of the molecule is CC(O)(Cc1cc(F)ccc1F)C1CCOC1. The molecule has 1 N–H and O–H groups in total. The molecule has 0 spiro atoms. The Kier molecular flexibility index (Phi) is 3.45. The molecule has 2 atom stereocenters. The van der Waals surface area contributed by atoms with Crippen LogP contribution in [0.3, 0.4) is 0 Å². The Labute approximate surface area is 99.2 Å². The van der Waals surface area contributed by atoms with Crippen molar-refractivity contribution in [1.82, 2.24) is 0 Å². The zero-order chi connectivity index (χ0) is 12.5. The molecule has 1 aliphatic rings. The number of ether oxygens (including phenoxy) is 1. The average Bonchev–Trinajstić information content (AvgIpc) is 2.77. The molecule has 1 aliphatic heterocycles. The monoisotopic (exact) mass is 242 g/mol.